The number of hydrogen-bond acceptors (Lipinski definition) is 3. The molecule has 0 bridgehead atoms. The summed E-state index contributed by atoms with van der Waals surface area (Å²) in [5.74, 6) is 1.88. The fraction of sp³-hybridized carbons (Fsp3) is 0.933. The van der Waals surface area contributed by atoms with Gasteiger partial charge in [-0.25, -0.2) is 0 Å². The summed E-state index contributed by atoms with van der Waals surface area (Å²) in [6.07, 6.45) is 2.48. The van der Waals surface area contributed by atoms with Crippen molar-refractivity contribution in [3.05, 3.63) is 0 Å². The van der Waals surface area contributed by atoms with Crippen LogP contribution in [-0.2, 0) is 0 Å². The summed E-state index contributed by atoms with van der Waals surface area (Å²) in [7, 11) is 0. The summed E-state index contributed by atoms with van der Waals surface area (Å²) in [6, 6.07) is 0. The molecule has 0 spiro atoms. The Hall–Kier alpha value is -0.180. The van der Waals surface area contributed by atoms with Crippen LogP contribution in [0.15, 0.2) is 4.99 Å². The van der Waals surface area contributed by atoms with Gasteiger partial charge in [0, 0.05) is 18.8 Å². The fourth-order valence-corrected chi connectivity index (χ4v) is 3.17. The number of hydrogen-bond donors (Lipinski definition) is 1. The highest BCUT2D eigenvalue weighted by Crippen LogP contribution is 2.35. The van der Waals surface area contributed by atoms with Crippen LogP contribution in [0.3, 0.4) is 0 Å². The van der Waals surface area contributed by atoms with Crippen molar-refractivity contribution < 1.29 is 0 Å². The lowest BCUT2D eigenvalue weighted by atomic mass is 9.82. The highest BCUT2D eigenvalue weighted by Gasteiger charge is 2.30. The van der Waals surface area contributed by atoms with Crippen LogP contribution in [0.25, 0.3) is 0 Å². The molecular formula is C15H30N2S. The van der Waals surface area contributed by atoms with E-state index in [1.807, 2.05) is 11.8 Å². The molecule has 0 aromatic carbocycles. The van der Waals surface area contributed by atoms with Gasteiger partial charge in [-0.15, -0.1) is 0 Å². The minimum Gasteiger partial charge on any atom is -0.365 e. The zero-order valence-corrected chi connectivity index (χ0v) is 13.8. The van der Waals surface area contributed by atoms with Crippen molar-refractivity contribution in [3.63, 3.8) is 0 Å². The smallest absolute Gasteiger partial charge is 0.156 e. The van der Waals surface area contributed by atoms with Gasteiger partial charge >= 0.3 is 0 Å². The fourth-order valence-electron chi connectivity index (χ4n) is 1.88. The molecule has 1 rings (SSSR count). The second-order valence-corrected chi connectivity index (χ2v) is 7.73. The van der Waals surface area contributed by atoms with Crippen molar-refractivity contribution in [1.29, 1.82) is 0 Å². The van der Waals surface area contributed by atoms with Gasteiger partial charge in [-0.3, -0.25) is 4.99 Å². The first kappa shape index (κ1) is 15.9. The number of nitrogens with zero attached hydrogens (tertiary/aromatic N) is 1. The summed E-state index contributed by atoms with van der Waals surface area (Å²) in [6.45, 7) is 15.8. The van der Waals surface area contributed by atoms with Gasteiger partial charge in [0.1, 0.15) is 0 Å². The molecule has 1 N–H and O–H groups in total. The van der Waals surface area contributed by atoms with Gasteiger partial charge in [0.25, 0.3) is 0 Å². The number of rotatable bonds is 4. The first-order valence-electron chi connectivity index (χ1n) is 7.24. The molecule has 106 valence electrons. The summed E-state index contributed by atoms with van der Waals surface area (Å²) in [4.78, 5) is 4.75. The van der Waals surface area contributed by atoms with Crippen LogP contribution in [-0.4, -0.2) is 24.0 Å². The van der Waals surface area contributed by atoms with Crippen LogP contribution >= 0.6 is 11.8 Å². The molecule has 0 aromatic heterocycles. The quantitative estimate of drug-likeness (QED) is 0.829. The average Bonchev–Trinajstić information content (AvgIpc) is 2.35. The Morgan fingerprint density at radius 3 is 2.33 bits per heavy atom. The van der Waals surface area contributed by atoms with E-state index in [0.29, 0.717) is 16.7 Å². The third kappa shape index (κ3) is 4.18. The molecule has 18 heavy (non-hydrogen) atoms. The van der Waals surface area contributed by atoms with Crippen LogP contribution in [0.2, 0.25) is 0 Å². The molecule has 1 unspecified atom stereocenters. The molecule has 0 aromatic rings. The van der Waals surface area contributed by atoms with Crippen molar-refractivity contribution in [1.82, 2.24) is 5.32 Å². The molecule has 1 atom stereocenters. The minimum atomic E-state index is 0.365. The van der Waals surface area contributed by atoms with E-state index in [9.17, 15) is 0 Å². The van der Waals surface area contributed by atoms with E-state index in [0.717, 1.165) is 18.3 Å². The molecule has 0 saturated carbocycles. The molecule has 1 aliphatic rings. The van der Waals surface area contributed by atoms with E-state index in [1.54, 1.807) is 0 Å². The molecular weight excluding hydrogens is 240 g/mol. The van der Waals surface area contributed by atoms with E-state index >= 15 is 0 Å². The maximum Gasteiger partial charge on any atom is 0.156 e. The monoisotopic (exact) mass is 270 g/mol. The molecule has 2 nitrogen and oxygen atoms in total. The number of amidine groups is 1. The van der Waals surface area contributed by atoms with Gasteiger partial charge in [0.15, 0.2) is 5.17 Å². The summed E-state index contributed by atoms with van der Waals surface area (Å²) >= 11 is 1.91. The first-order valence-corrected chi connectivity index (χ1v) is 8.22. The Morgan fingerprint density at radius 2 is 1.94 bits per heavy atom. The SMILES string of the molecule is CCC1(CC)CN=C(NCC(C)C(C)(C)C)SC1. The van der Waals surface area contributed by atoms with Crippen LogP contribution in [0.1, 0.15) is 54.4 Å². The van der Waals surface area contributed by atoms with Gasteiger partial charge in [-0.05, 0) is 29.6 Å². The number of aliphatic imine (C=N–C) groups is 1. The van der Waals surface area contributed by atoms with E-state index < -0.39 is 0 Å². The molecule has 0 radical (unpaired) electrons. The van der Waals surface area contributed by atoms with Crippen LogP contribution < -0.4 is 5.32 Å². The minimum absolute atomic E-state index is 0.365. The van der Waals surface area contributed by atoms with Crippen molar-refractivity contribution in [2.45, 2.75) is 54.4 Å². The van der Waals surface area contributed by atoms with Crippen LogP contribution in [0.5, 0.6) is 0 Å². The van der Waals surface area contributed by atoms with Crippen molar-refractivity contribution in [3.8, 4) is 0 Å². The van der Waals surface area contributed by atoms with E-state index in [2.05, 4.69) is 46.9 Å². The molecule has 1 aliphatic heterocycles. The second kappa shape index (κ2) is 6.31. The lowest BCUT2D eigenvalue weighted by Gasteiger charge is -2.34. The maximum atomic E-state index is 4.75. The molecule has 0 saturated heterocycles. The highest BCUT2D eigenvalue weighted by molar-refractivity contribution is 8.13. The van der Waals surface area contributed by atoms with E-state index in [4.69, 9.17) is 4.99 Å². The molecule has 0 aliphatic carbocycles. The predicted octanol–water partition coefficient (Wildman–Crippen LogP) is 4.17. The second-order valence-electron chi connectivity index (χ2n) is 6.77. The molecule has 0 amide bonds. The van der Waals surface area contributed by atoms with Crippen LogP contribution in [0.4, 0.5) is 0 Å². The Labute approximate surface area is 117 Å². The van der Waals surface area contributed by atoms with Crippen molar-refractivity contribution in [2.24, 2.45) is 21.7 Å². The Morgan fingerprint density at radius 1 is 1.33 bits per heavy atom. The van der Waals surface area contributed by atoms with Gasteiger partial charge in [-0.1, -0.05) is 53.3 Å². The molecule has 0 fully saturated rings. The standard InChI is InChI=1S/C15H30N2S/c1-7-15(8-2)10-17-13(18-11-15)16-9-12(3)14(4,5)6/h12H,7-11H2,1-6H3,(H,16,17). The van der Waals surface area contributed by atoms with Crippen molar-refractivity contribution in [2.75, 3.05) is 18.8 Å². The maximum absolute atomic E-state index is 4.75. The summed E-state index contributed by atoms with van der Waals surface area (Å²) in [5.41, 5.74) is 0.814. The van der Waals surface area contributed by atoms with Gasteiger partial charge in [0.05, 0.1) is 0 Å². The highest BCUT2D eigenvalue weighted by atomic mass is 32.2. The van der Waals surface area contributed by atoms with E-state index in [1.165, 1.54) is 18.6 Å². The zero-order chi connectivity index (χ0) is 13.8. The third-order valence-corrected chi connectivity index (χ3v) is 5.91. The van der Waals surface area contributed by atoms with Gasteiger partial charge < -0.3 is 5.32 Å². The van der Waals surface area contributed by atoms with Gasteiger partial charge in [0.2, 0.25) is 0 Å². The number of nitrogens with one attached hydrogen (secondary N) is 1. The first-order chi connectivity index (χ1) is 8.33. The van der Waals surface area contributed by atoms with E-state index in [-0.39, 0.29) is 0 Å². The zero-order valence-electron chi connectivity index (χ0n) is 13.0. The number of thioether (sulfide) groups is 1. The Bertz CT molecular complexity index is 287. The summed E-state index contributed by atoms with van der Waals surface area (Å²) in [5, 5.41) is 4.68. The summed E-state index contributed by atoms with van der Waals surface area (Å²) < 4.78 is 0. The Kier molecular flexibility index (Phi) is 5.57. The average molecular weight is 270 g/mol. The molecule has 1 heterocycles. The molecule has 3 heteroatoms. The third-order valence-electron chi connectivity index (χ3n) is 4.61. The van der Waals surface area contributed by atoms with Gasteiger partial charge in [-0.2, -0.15) is 0 Å². The van der Waals surface area contributed by atoms with Crippen molar-refractivity contribution >= 4 is 16.9 Å². The Balaban J connectivity index is 2.45. The lowest BCUT2D eigenvalue weighted by Crippen LogP contribution is -2.37. The largest absolute Gasteiger partial charge is 0.365 e. The van der Waals surface area contributed by atoms with Crippen LogP contribution in [0, 0.1) is 16.7 Å². The predicted molar refractivity (Wildman–Crippen MR) is 84.4 cm³/mol. The lowest BCUT2D eigenvalue weighted by molar-refractivity contribution is 0.262. The topological polar surface area (TPSA) is 24.4 Å². The normalized spacial score (nSPS) is 21.3.